The van der Waals surface area contributed by atoms with Gasteiger partial charge in [-0.25, -0.2) is 9.78 Å². The zero-order valence-electron chi connectivity index (χ0n) is 11.5. The topological polar surface area (TPSA) is 80.5 Å². The standard InChI is InChI=1S/C13H18N4O2S/c1-8-3-5-15-12(10(8)11(14)20)17-6-4-9(7-17)16-13(18)19-2/h3,5,9H,4,6-7H2,1-2H3,(H2,14,20)(H,16,18). The molecule has 0 aromatic carbocycles. The van der Waals surface area contributed by atoms with Crippen molar-refractivity contribution in [3.05, 3.63) is 23.4 Å². The number of ether oxygens (including phenoxy) is 1. The fourth-order valence-corrected chi connectivity index (χ4v) is 2.64. The number of hydrogen-bond donors (Lipinski definition) is 2. The molecule has 1 aliphatic heterocycles. The van der Waals surface area contributed by atoms with Gasteiger partial charge in [-0.15, -0.1) is 0 Å². The van der Waals surface area contributed by atoms with Crippen molar-refractivity contribution < 1.29 is 9.53 Å². The van der Waals surface area contributed by atoms with Gasteiger partial charge in [-0.05, 0) is 25.0 Å². The summed E-state index contributed by atoms with van der Waals surface area (Å²) in [5.41, 5.74) is 7.61. The van der Waals surface area contributed by atoms with Gasteiger partial charge in [-0.3, -0.25) is 0 Å². The summed E-state index contributed by atoms with van der Waals surface area (Å²) in [5.74, 6) is 0.784. The second-order valence-corrected chi connectivity index (χ2v) is 5.20. The lowest BCUT2D eigenvalue weighted by Gasteiger charge is -2.21. The van der Waals surface area contributed by atoms with Gasteiger partial charge in [0.2, 0.25) is 0 Å². The number of pyridine rings is 1. The number of alkyl carbamates (subject to hydrolysis) is 1. The second-order valence-electron chi connectivity index (χ2n) is 4.76. The molecule has 7 heteroatoms. The number of carbonyl (C=O) groups excluding carboxylic acids is 1. The fourth-order valence-electron chi connectivity index (χ4n) is 2.38. The number of rotatable bonds is 3. The molecule has 1 amide bonds. The van der Waals surface area contributed by atoms with Crippen LogP contribution in [-0.4, -0.2) is 42.3 Å². The highest BCUT2D eigenvalue weighted by Crippen LogP contribution is 2.24. The lowest BCUT2D eigenvalue weighted by Crippen LogP contribution is -2.37. The predicted molar refractivity (Wildman–Crippen MR) is 81.0 cm³/mol. The van der Waals surface area contributed by atoms with E-state index in [1.807, 2.05) is 13.0 Å². The van der Waals surface area contributed by atoms with Gasteiger partial charge in [-0.2, -0.15) is 0 Å². The van der Waals surface area contributed by atoms with Gasteiger partial charge in [-0.1, -0.05) is 12.2 Å². The van der Waals surface area contributed by atoms with Crippen molar-refractivity contribution in [3.63, 3.8) is 0 Å². The number of aryl methyl sites for hydroxylation is 1. The molecule has 1 saturated heterocycles. The molecule has 0 bridgehead atoms. The van der Waals surface area contributed by atoms with Crippen LogP contribution in [-0.2, 0) is 4.74 Å². The molecule has 0 aliphatic carbocycles. The Morgan fingerprint density at radius 3 is 3.05 bits per heavy atom. The van der Waals surface area contributed by atoms with Crippen molar-refractivity contribution in [1.29, 1.82) is 0 Å². The summed E-state index contributed by atoms with van der Waals surface area (Å²) < 4.78 is 4.61. The first-order valence-corrected chi connectivity index (χ1v) is 6.78. The van der Waals surface area contributed by atoms with E-state index in [1.165, 1.54) is 7.11 Å². The molecule has 0 radical (unpaired) electrons. The molecule has 2 rings (SSSR count). The van der Waals surface area contributed by atoms with Crippen molar-refractivity contribution in [3.8, 4) is 0 Å². The van der Waals surface area contributed by atoms with Crippen molar-refractivity contribution in [1.82, 2.24) is 10.3 Å². The van der Waals surface area contributed by atoms with E-state index in [4.69, 9.17) is 18.0 Å². The minimum atomic E-state index is -0.413. The third-order valence-corrected chi connectivity index (χ3v) is 3.58. The number of hydrogen-bond acceptors (Lipinski definition) is 5. The van der Waals surface area contributed by atoms with Gasteiger partial charge < -0.3 is 20.7 Å². The zero-order chi connectivity index (χ0) is 14.7. The number of thiocarbonyl (C=S) groups is 1. The summed E-state index contributed by atoms with van der Waals surface area (Å²) in [6.07, 6.45) is 2.17. The number of carbonyl (C=O) groups is 1. The van der Waals surface area contributed by atoms with Crippen molar-refractivity contribution >= 4 is 29.1 Å². The molecule has 0 spiro atoms. The minimum absolute atomic E-state index is 0.0453. The minimum Gasteiger partial charge on any atom is -0.453 e. The molecular formula is C13H18N4O2S. The largest absolute Gasteiger partial charge is 0.453 e. The Labute approximate surface area is 123 Å². The molecule has 0 saturated carbocycles. The molecule has 1 atom stereocenters. The molecule has 2 heterocycles. The number of nitrogens with two attached hydrogens (primary N) is 1. The van der Waals surface area contributed by atoms with Gasteiger partial charge in [0.05, 0.1) is 18.7 Å². The smallest absolute Gasteiger partial charge is 0.407 e. The molecule has 1 unspecified atom stereocenters. The van der Waals surface area contributed by atoms with Crippen molar-refractivity contribution in [2.45, 2.75) is 19.4 Å². The summed E-state index contributed by atoms with van der Waals surface area (Å²) in [5, 5.41) is 2.80. The Balaban J connectivity index is 2.16. The van der Waals surface area contributed by atoms with E-state index < -0.39 is 6.09 Å². The Morgan fingerprint density at radius 1 is 1.65 bits per heavy atom. The maximum absolute atomic E-state index is 11.2. The molecular weight excluding hydrogens is 276 g/mol. The molecule has 1 aromatic rings. The SMILES string of the molecule is COC(=O)NC1CCN(c2nccc(C)c2C(N)=S)C1. The molecule has 1 fully saturated rings. The van der Waals surface area contributed by atoms with Crippen LogP contribution < -0.4 is 16.0 Å². The van der Waals surface area contributed by atoms with Crippen LogP contribution in [0.2, 0.25) is 0 Å². The summed E-state index contributed by atoms with van der Waals surface area (Å²) in [6.45, 7) is 3.42. The van der Waals surface area contributed by atoms with E-state index in [-0.39, 0.29) is 6.04 Å². The third kappa shape index (κ3) is 2.98. The summed E-state index contributed by atoms with van der Waals surface area (Å²) in [6, 6.07) is 1.93. The van der Waals surface area contributed by atoms with Crippen LogP contribution in [0.5, 0.6) is 0 Å². The van der Waals surface area contributed by atoms with E-state index >= 15 is 0 Å². The second kappa shape index (κ2) is 6.04. The fraction of sp³-hybridized carbons (Fsp3) is 0.462. The maximum Gasteiger partial charge on any atom is 0.407 e. The Bertz CT molecular complexity index is 535. The van der Waals surface area contributed by atoms with Gasteiger partial charge in [0.25, 0.3) is 0 Å². The summed E-state index contributed by atoms with van der Waals surface area (Å²) in [4.78, 5) is 18.1. The van der Waals surface area contributed by atoms with E-state index in [9.17, 15) is 4.79 Å². The van der Waals surface area contributed by atoms with Gasteiger partial charge in [0.15, 0.2) is 0 Å². The first kappa shape index (κ1) is 14.5. The monoisotopic (exact) mass is 294 g/mol. The number of methoxy groups -OCH3 is 1. The van der Waals surface area contributed by atoms with E-state index in [1.54, 1.807) is 6.20 Å². The molecule has 6 nitrogen and oxygen atoms in total. The molecule has 1 aromatic heterocycles. The molecule has 20 heavy (non-hydrogen) atoms. The Hall–Kier alpha value is -1.89. The lowest BCUT2D eigenvalue weighted by atomic mass is 10.1. The number of nitrogens with one attached hydrogen (secondary N) is 1. The van der Waals surface area contributed by atoms with Crippen LogP contribution in [0.25, 0.3) is 0 Å². The van der Waals surface area contributed by atoms with Crippen LogP contribution in [0.3, 0.4) is 0 Å². The van der Waals surface area contributed by atoms with Crippen LogP contribution in [0.15, 0.2) is 12.3 Å². The maximum atomic E-state index is 11.2. The normalized spacial score (nSPS) is 17.9. The van der Waals surface area contributed by atoms with Crippen LogP contribution in [0.4, 0.5) is 10.6 Å². The number of nitrogens with zero attached hydrogens (tertiary/aromatic N) is 2. The first-order valence-electron chi connectivity index (χ1n) is 6.37. The third-order valence-electron chi connectivity index (χ3n) is 3.38. The van der Waals surface area contributed by atoms with E-state index in [0.29, 0.717) is 11.5 Å². The van der Waals surface area contributed by atoms with Crippen LogP contribution in [0, 0.1) is 6.92 Å². The highest BCUT2D eigenvalue weighted by atomic mass is 32.1. The zero-order valence-corrected chi connectivity index (χ0v) is 12.4. The highest BCUT2D eigenvalue weighted by molar-refractivity contribution is 7.80. The molecule has 3 N–H and O–H groups in total. The van der Waals surface area contributed by atoms with E-state index in [0.717, 1.165) is 29.9 Å². The Morgan fingerprint density at radius 2 is 2.40 bits per heavy atom. The Kier molecular flexibility index (Phi) is 4.39. The first-order chi connectivity index (χ1) is 9.52. The van der Waals surface area contributed by atoms with Crippen LogP contribution >= 0.6 is 12.2 Å². The van der Waals surface area contributed by atoms with Crippen molar-refractivity contribution in [2.24, 2.45) is 5.73 Å². The van der Waals surface area contributed by atoms with E-state index in [2.05, 4.69) is 19.9 Å². The van der Waals surface area contributed by atoms with Crippen molar-refractivity contribution in [2.75, 3.05) is 25.1 Å². The lowest BCUT2D eigenvalue weighted by molar-refractivity contribution is 0.167. The highest BCUT2D eigenvalue weighted by Gasteiger charge is 2.27. The summed E-state index contributed by atoms with van der Waals surface area (Å²) >= 11 is 5.11. The summed E-state index contributed by atoms with van der Waals surface area (Å²) in [7, 11) is 1.36. The van der Waals surface area contributed by atoms with Gasteiger partial charge >= 0.3 is 6.09 Å². The molecule has 1 aliphatic rings. The average Bonchev–Trinajstić information content (AvgIpc) is 2.86. The number of aromatic nitrogens is 1. The quantitative estimate of drug-likeness (QED) is 0.808. The van der Waals surface area contributed by atoms with Gasteiger partial charge in [0, 0.05) is 19.3 Å². The van der Waals surface area contributed by atoms with Crippen LogP contribution in [0.1, 0.15) is 17.5 Å². The number of anilines is 1. The molecule has 108 valence electrons. The average molecular weight is 294 g/mol. The predicted octanol–water partition coefficient (Wildman–Crippen LogP) is 0.959. The number of amides is 1. The van der Waals surface area contributed by atoms with Gasteiger partial charge in [0.1, 0.15) is 10.8 Å².